The van der Waals surface area contributed by atoms with Gasteiger partial charge in [0, 0.05) is 43.8 Å². The van der Waals surface area contributed by atoms with Gasteiger partial charge in [-0.25, -0.2) is 29.9 Å². The van der Waals surface area contributed by atoms with E-state index in [1.54, 1.807) is 0 Å². The number of fused-ring (bicyclic) bond motifs is 3. The summed E-state index contributed by atoms with van der Waals surface area (Å²) in [7, 11) is 2.13. The molecule has 2 aliphatic carbocycles. The van der Waals surface area contributed by atoms with Gasteiger partial charge < -0.3 is 26.0 Å². The zero-order chi connectivity index (χ0) is 46.6. The second-order valence-electron chi connectivity index (χ2n) is 17.8. The molecule has 9 aromatic heterocycles. The first kappa shape index (κ1) is 45.2. The van der Waals surface area contributed by atoms with Crippen molar-refractivity contribution in [2.75, 3.05) is 35.7 Å². The fourth-order valence-electron chi connectivity index (χ4n) is 8.78. The molecule has 2 saturated carbocycles. The SMILES string of the molecule is CN(c1cccc(-c2cnc3ccc(Cl)cn23)n1)C1CCNCC1.Cc1ccc(NC2CCC2)nc1-c1cnc2ccc(Cl)cn12.OCc1ccn2c(-c3cccc(NC4CCC4)n3)cnc2c1. The fourth-order valence-corrected chi connectivity index (χ4v) is 9.10. The summed E-state index contributed by atoms with van der Waals surface area (Å²) in [5.74, 6) is 2.85. The topological polar surface area (TPSA) is 150 Å². The number of nitrogens with one attached hydrogen (secondary N) is 3. The minimum Gasteiger partial charge on any atom is -0.392 e. The highest BCUT2D eigenvalue weighted by molar-refractivity contribution is 6.30. The Morgan fingerprint density at radius 2 is 1.24 bits per heavy atom. The van der Waals surface area contributed by atoms with Crippen LogP contribution in [-0.2, 0) is 6.61 Å². The molecule has 1 aliphatic heterocycles. The highest BCUT2D eigenvalue weighted by Gasteiger charge is 2.21. The lowest BCUT2D eigenvalue weighted by Gasteiger charge is -2.32. The lowest BCUT2D eigenvalue weighted by Crippen LogP contribution is -2.41. The van der Waals surface area contributed by atoms with Gasteiger partial charge in [0.15, 0.2) is 0 Å². The Morgan fingerprint density at radius 3 is 1.88 bits per heavy atom. The van der Waals surface area contributed by atoms with Gasteiger partial charge in [0.25, 0.3) is 0 Å². The van der Waals surface area contributed by atoms with Crippen LogP contribution in [0, 0.1) is 6.92 Å². The molecular weight excluding hydrogens is 894 g/mol. The lowest BCUT2D eigenvalue weighted by molar-refractivity contribution is 0.282. The number of aliphatic hydroxyl groups is 1. The van der Waals surface area contributed by atoms with Crippen molar-refractivity contribution in [3.63, 3.8) is 0 Å². The molecule has 4 N–H and O–H groups in total. The van der Waals surface area contributed by atoms with Gasteiger partial charge in [-0.15, -0.1) is 0 Å². The molecule has 16 heteroatoms. The van der Waals surface area contributed by atoms with Crippen molar-refractivity contribution in [3.05, 3.63) is 143 Å². The maximum atomic E-state index is 9.21. The fraction of sp³-hybridized carbons (Fsp3) is 0.308. The Hall–Kier alpha value is -6.58. The molecule has 0 radical (unpaired) electrons. The van der Waals surface area contributed by atoms with Crippen LogP contribution in [0.2, 0.25) is 10.0 Å². The van der Waals surface area contributed by atoms with Crippen LogP contribution in [0.1, 0.15) is 62.5 Å². The number of hydrogen-bond acceptors (Lipinski definition) is 11. The zero-order valence-corrected chi connectivity index (χ0v) is 39.7. The summed E-state index contributed by atoms with van der Waals surface area (Å²) in [6, 6.07) is 29.3. The van der Waals surface area contributed by atoms with Crippen molar-refractivity contribution in [1.29, 1.82) is 0 Å². The molecule has 0 bridgehead atoms. The number of halogens is 2. The van der Waals surface area contributed by atoms with E-state index in [2.05, 4.69) is 68.0 Å². The predicted molar refractivity (Wildman–Crippen MR) is 273 cm³/mol. The first-order chi connectivity index (χ1) is 33.3. The number of anilines is 3. The van der Waals surface area contributed by atoms with Gasteiger partial charge >= 0.3 is 0 Å². The molecule has 14 nitrogen and oxygen atoms in total. The molecule has 0 spiro atoms. The van der Waals surface area contributed by atoms with Crippen LogP contribution in [0.3, 0.4) is 0 Å². The van der Waals surface area contributed by atoms with Gasteiger partial charge in [0.2, 0.25) is 0 Å². The van der Waals surface area contributed by atoms with E-state index in [9.17, 15) is 5.11 Å². The van der Waals surface area contributed by atoms with E-state index in [1.807, 2.05) is 117 Å². The highest BCUT2D eigenvalue weighted by atomic mass is 35.5. The van der Waals surface area contributed by atoms with Crippen LogP contribution in [0.25, 0.3) is 51.1 Å². The normalized spacial score (nSPS) is 15.2. The van der Waals surface area contributed by atoms with Gasteiger partial charge in [-0.2, -0.15) is 0 Å². The summed E-state index contributed by atoms with van der Waals surface area (Å²) in [6.07, 6.45) is 21.0. The summed E-state index contributed by atoms with van der Waals surface area (Å²) in [5, 5.41) is 21.0. The number of pyridine rings is 6. The molecular formula is C52H55Cl2N13O. The number of aromatic nitrogens is 9. The maximum absolute atomic E-state index is 9.21. The molecule has 0 unspecified atom stereocenters. The van der Waals surface area contributed by atoms with Crippen molar-refractivity contribution < 1.29 is 5.11 Å². The van der Waals surface area contributed by atoms with Gasteiger partial charge in [-0.3, -0.25) is 13.2 Å². The number of aryl methyl sites for hydroxylation is 1. The molecule has 68 heavy (non-hydrogen) atoms. The van der Waals surface area contributed by atoms with Gasteiger partial charge in [0.05, 0.1) is 69.4 Å². The van der Waals surface area contributed by atoms with Crippen molar-refractivity contribution in [1.82, 2.24) is 48.4 Å². The first-order valence-electron chi connectivity index (χ1n) is 23.5. The smallest absolute Gasteiger partial charge is 0.137 e. The Kier molecular flexibility index (Phi) is 13.5. The van der Waals surface area contributed by atoms with Gasteiger partial charge in [-0.05, 0) is 149 Å². The third kappa shape index (κ3) is 10.00. The Balaban J connectivity index is 0.000000119. The monoisotopic (exact) mass is 947 g/mol. The van der Waals surface area contributed by atoms with Crippen LogP contribution in [0.5, 0.6) is 0 Å². The van der Waals surface area contributed by atoms with Crippen LogP contribution in [-0.4, -0.2) is 86.5 Å². The number of aliphatic hydroxyl groups excluding tert-OH is 1. The van der Waals surface area contributed by atoms with E-state index in [4.69, 9.17) is 38.2 Å². The molecule has 3 aliphatic rings. The second kappa shape index (κ2) is 20.3. The average molecular weight is 949 g/mol. The van der Waals surface area contributed by atoms with Crippen molar-refractivity contribution in [2.24, 2.45) is 0 Å². The van der Waals surface area contributed by atoms with Crippen LogP contribution < -0.4 is 20.9 Å². The molecule has 10 heterocycles. The number of rotatable bonds is 10. The summed E-state index contributed by atoms with van der Waals surface area (Å²) >= 11 is 12.3. The molecule has 9 aromatic rings. The van der Waals surface area contributed by atoms with Gasteiger partial charge in [-0.1, -0.05) is 41.4 Å². The summed E-state index contributed by atoms with van der Waals surface area (Å²) in [4.78, 5) is 30.0. The van der Waals surface area contributed by atoms with E-state index in [-0.39, 0.29) is 6.61 Å². The predicted octanol–water partition coefficient (Wildman–Crippen LogP) is 10.4. The highest BCUT2D eigenvalue weighted by Crippen LogP contribution is 2.30. The van der Waals surface area contributed by atoms with E-state index in [1.165, 1.54) is 38.5 Å². The second-order valence-corrected chi connectivity index (χ2v) is 18.7. The lowest BCUT2D eigenvalue weighted by atomic mass is 9.93. The van der Waals surface area contributed by atoms with E-state index in [0.717, 1.165) is 106 Å². The quantitative estimate of drug-likeness (QED) is 0.104. The first-order valence-corrected chi connectivity index (χ1v) is 24.2. The van der Waals surface area contributed by atoms with E-state index < -0.39 is 0 Å². The molecule has 1 saturated heterocycles. The number of piperidine rings is 1. The minimum absolute atomic E-state index is 0.0255. The molecule has 12 rings (SSSR count). The van der Waals surface area contributed by atoms with Crippen LogP contribution >= 0.6 is 23.2 Å². The number of nitrogens with zero attached hydrogens (tertiary/aromatic N) is 10. The number of imidazole rings is 3. The number of hydrogen-bond donors (Lipinski definition) is 4. The van der Waals surface area contributed by atoms with E-state index >= 15 is 0 Å². The van der Waals surface area contributed by atoms with Crippen LogP contribution in [0.4, 0.5) is 17.5 Å². The Labute approximate surface area is 405 Å². The zero-order valence-electron chi connectivity index (χ0n) is 38.2. The Morgan fingerprint density at radius 1 is 0.647 bits per heavy atom. The average Bonchev–Trinajstić information content (AvgIpc) is 4.09. The van der Waals surface area contributed by atoms with Crippen molar-refractivity contribution in [3.8, 4) is 34.2 Å². The molecule has 3 fully saturated rings. The largest absolute Gasteiger partial charge is 0.392 e. The molecule has 0 aromatic carbocycles. The standard InChI is InChI=1S/C18H20ClN5.C17H17ClN4.C17H18N4O/c1-23(14-7-9-20-10-8-14)18-4-2-3-15(22-18)16-11-21-17-6-5-13(19)12-24(16)17;1-11-5-7-15(20-13-3-2-4-13)21-17(11)14-9-19-16-8-6-12(18)10-22(14)16;22-11-12-7-8-21-15(10-18-17(21)9-12)14-5-2-6-16(20-14)19-13-3-1-4-13/h2-6,11-12,14,20H,7-10H2,1H3;5-10,13H,2-4H2,1H3,(H,20,21);2,5-10,13,22H,1,3-4,11H2,(H,19,20). The van der Waals surface area contributed by atoms with Crippen molar-refractivity contribution in [2.45, 2.75) is 83.0 Å². The summed E-state index contributed by atoms with van der Waals surface area (Å²) in [5.41, 5.74) is 10.2. The van der Waals surface area contributed by atoms with E-state index in [0.29, 0.717) is 28.2 Å². The maximum Gasteiger partial charge on any atom is 0.137 e. The molecule has 0 amide bonds. The molecule has 348 valence electrons. The Bertz CT molecular complexity index is 3170. The van der Waals surface area contributed by atoms with Crippen LogP contribution in [0.15, 0.2) is 122 Å². The van der Waals surface area contributed by atoms with Gasteiger partial charge in [0.1, 0.15) is 34.4 Å². The summed E-state index contributed by atoms with van der Waals surface area (Å²) in [6.45, 7) is 4.23. The third-order valence-corrected chi connectivity index (χ3v) is 13.6. The minimum atomic E-state index is 0.0255. The summed E-state index contributed by atoms with van der Waals surface area (Å²) < 4.78 is 5.97. The van der Waals surface area contributed by atoms with Crippen molar-refractivity contribution >= 4 is 57.6 Å². The molecule has 0 atom stereocenters. The third-order valence-electron chi connectivity index (χ3n) is 13.2.